The van der Waals surface area contributed by atoms with Gasteiger partial charge in [0.1, 0.15) is 11.8 Å². The number of aromatic nitrogens is 1. The van der Waals surface area contributed by atoms with E-state index in [1.807, 2.05) is 0 Å². The van der Waals surface area contributed by atoms with Crippen molar-refractivity contribution in [1.29, 1.82) is 0 Å². The summed E-state index contributed by atoms with van der Waals surface area (Å²) in [4.78, 5) is 23.4. The van der Waals surface area contributed by atoms with Crippen LogP contribution in [0.25, 0.3) is 0 Å². The number of anilines is 1. The fourth-order valence-corrected chi connectivity index (χ4v) is 3.44. The van der Waals surface area contributed by atoms with E-state index in [0.717, 1.165) is 6.07 Å². The van der Waals surface area contributed by atoms with Crippen LogP contribution in [0.15, 0.2) is 33.7 Å². The van der Waals surface area contributed by atoms with Crippen LogP contribution in [0.4, 0.5) is 5.82 Å². The van der Waals surface area contributed by atoms with Gasteiger partial charge in [0.2, 0.25) is 10.0 Å². The van der Waals surface area contributed by atoms with Crippen LogP contribution < -0.4 is 10.0 Å². The van der Waals surface area contributed by atoms with E-state index in [0.29, 0.717) is 5.76 Å². The van der Waals surface area contributed by atoms with Crippen molar-refractivity contribution >= 4 is 50.9 Å². The SMILES string of the molecule is Cc1cc(NC(=O)COC(=O)[C@H](C)NS(=O)(=O)c2ccc(Cl)c(Cl)c2)no1. The second-order valence-electron chi connectivity index (χ2n) is 5.40. The molecule has 0 saturated carbocycles. The first-order valence-corrected chi connectivity index (χ1v) is 9.69. The highest BCUT2D eigenvalue weighted by molar-refractivity contribution is 7.89. The molecule has 0 bridgehead atoms. The van der Waals surface area contributed by atoms with E-state index in [9.17, 15) is 18.0 Å². The zero-order chi connectivity index (χ0) is 20.2. The fourth-order valence-electron chi connectivity index (χ4n) is 1.86. The van der Waals surface area contributed by atoms with Crippen LogP contribution in [0, 0.1) is 6.92 Å². The highest BCUT2D eigenvalue weighted by Crippen LogP contribution is 2.24. The summed E-state index contributed by atoms with van der Waals surface area (Å²) in [5.74, 6) is -0.934. The van der Waals surface area contributed by atoms with Gasteiger partial charge < -0.3 is 14.6 Å². The molecule has 0 radical (unpaired) electrons. The molecular formula is C15H15Cl2N3O6S. The number of rotatable bonds is 7. The number of nitrogens with one attached hydrogen (secondary N) is 2. The molecule has 0 unspecified atom stereocenters. The lowest BCUT2D eigenvalue weighted by Crippen LogP contribution is -2.40. The minimum Gasteiger partial charge on any atom is -0.454 e. The van der Waals surface area contributed by atoms with E-state index in [2.05, 4.69) is 15.2 Å². The Kier molecular flexibility index (Phi) is 6.82. The molecule has 2 rings (SSSR count). The summed E-state index contributed by atoms with van der Waals surface area (Å²) in [6.07, 6.45) is 0. The van der Waals surface area contributed by atoms with Gasteiger partial charge in [-0.05, 0) is 32.0 Å². The third kappa shape index (κ3) is 5.93. The van der Waals surface area contributed by atoms with Crippen LogP contribution in [0.2, 0.25) is 10.0 Å². The van der Waals surface area contributed by atoms with E-state index in [1.165, 1.54) is 25.1 Å². The van der Waals surface area contributed by atoms with Crippen LogP contribution in [0.1, 0.15) is 12.7 Å². The molecule has 9 nitrogen and oxygen atoms in total. The van der Waals surface area contributed by atoms with Crippen LogP contribution in [-0.2, 0) is 24.3 Å². The monoisotopic (exact) mass is 435 g/mol. The summed E-state index contributed by atoms with van der Waals surface area (Å²) in [6.45, 7) is 2.30. The molecule has 1 amide bonds. The Bertz CT molecular complexity index is 960. The zero-order valence-corrected chi connectivity index (χ0v) is 16.5. The lowest BCUT2D eigenvalue weighted by molar-refractivity contribution is -0.148. The maximum Gasteiger partial charge on any atom is 0.324 e. The number of hydrogen-bond acceptors (Lipinski definition) is 7. The standard InChI is InChI=1S/C15H15Cl2N3O6S/c1-8-5-13(19-26-8)18-14(21)7-25-15(22)9(2)20-27(23,24)10-3-4-11(16)12(17)6-10/h3-6,9,20H,7H2,1-2H3,(H,18,19,21)/t9-/m0/s1. The summed E-state index contributed by atoms with van der Waals surface area (Å²) < 4.78 is 36.2. The van der Waals surface area contributed by atoms with Gasteiger partial charge in [0.05, 0.1) is 14.9 Å². The van der Waals surface area contributed by atoms with Gasteiger partial charge in [-0.3, -0.25) is 9.59 Å². The highest BCUT2D eigenvalue weighted by Gasteiger charge is 2.24. The summed E-state index contributed by atoms with van der Waals surface area (Å²) in [5, 5.41) is 6.15. The molecule has 1 heterocycles. The third-order valence-electron chi connectivity index (χ3n) is 3.13. The van der Waals surface area contributed by atoms with Crippen LogP contribution in [0.5, 0.6) is 0 Å². The number of ether oxygens (including phenoxy) is 1. The van der Waals surface area contributed by atoms with Crippen molar-refractivity contribution in [3.05, 3.63) is 40.1 Å². The van der Waals surface area contributed by atoms with Crippen molar-refractivity contribution in [3.8, 4) is 0 Å². The van der Waals surface area contributed by atoms with Gasteiger partial charge in [0.15, 0.2) is 12.4 Å². The topological polar surface area (TPSA) is 128 Å². The predicted octanol–water partition coefficient (Wildman–Crippen LogP) is 2.14. The van der Waals surface area contributed by atoms with Gasteiger partial charge in [0, 0.05) is 6.07 Å². The van der Waals surface area contributed by atoms with Crippen molar-refractivity contribution in [1.82, 2.24) is 9.88 Å². The number of amides is 1. The fraction of sp³-hybridized carbons (Fsp3) is 0.267. The first kappa shape index (κ1) is 21.2. The van der Waals surface area contributed by atoms with Crippen molar-refractivity contribution in [2.45, 2.75) is 24.8 Å². The van der Waals surface area contributed by atoms with Gasteiger partial charge in [-0.15, -0.1) is 0 Å². The highest BCUT2D eigenvalue weighted by atomic mass is 35.5. The van der Waals surface area contributed by atoms with Crippen LogP contribution >= 0.6 is 23.2 Å². The number of esters is 1. The summed E-state index contributed by atoms with van der Waals surface area (Å²) in [5.41, 5.74) is 0. The van der Waals surface area contributed by atoms with Crippen molar-refractivity contribution < 1.29 is 27.3 Å². The number of halogens is 2. The summed E-state index contributed by atoms with van der Waals surface area (Å²) in [7, 11) is -4.05. The van der Waals surface area contributed by atoms with E-state index >= 15 is 0 Å². The Labute approximate surface area is 165 Å². The Hall–Kier alpha value is -2.14. The molecule has 1 aromatic heterocycles. The van der Waals surface area contributed by atoms with Crippen LogP contribution in [0.3, 0.4) is 0 Å². The molecule has 146 valence electrons. The second-order valence-corrected chi connectivity index (χ2v) is 7.93. The van der Waals surface area contributed by atoms with Crippen LogP contribution in [-0.4, -0.2) is 38.1 Å². The minimum atomic E-state index is -4.05. The molecule has 1 atom stereocenters. The third-order valence-corrected chi connectivity index (χ3v) is 5.41. The maximum atomic E-state index is 12.3. The Morgan fingerprint density at radius 1 is 1.26 bits per heavy atom. The van der Waals surface area contributed by atoms with E-state index in [1.54, 1.807) is 6.92 Å². The van der Waals surface area contributed by atoms with Gasteiger partial charge in [-0.1, -0.05) is 28.4 Å². The molecule has 0 aliphatic carbocycles. The van der Waals surface area contributed by atoms with Crippen molar-refractivity contribution in [3.63, 3.8) is 0 Å². The van der Waals surface area contributed by atoms with Gasteiger partial charge in [-0.2, -0.15) is 4.72 Å². The maximum absolute atomic E-state index is 12.3. The first-order chi connectivity index (χ1) is 12.6. The van der Waals surface area contributed by atoms with E-state index < -0.39 is 34.5 Å². The largest absolute Gasteiger partial charge is 0.454 e. The van der Waals surface area contributed by atoms with E-state index in [4.69, 9.17) is 32.5 Å². The molecule has 2 N–H and O–H groups in total. The Balaban J connectivity index is 1.90. The quantitative estimate of drug-likeness (QED) is 0.637. The average molecular weight is 436 g/mol. The second kappa shape index (κ2) is 8.70. The number of hydrogen-bond donors (Lipinski definition) is 2. The number of carbonyl (C=O) groups excluding carboxylic acids is 2. The van der Waals surface area contributed by atoms with E-state index in [-0.39, 0.29) is 20.8 Å². The first-order valence-electron chi connectivity index (χ1n) is 7.45. The number of carbonyl (C=O) groups is 2. The molecule has 0 spiro atoms. The van der Waals surface area contributed by atoms with Crippen molar-refractivity contribution in [2.24, 2.45) is 0 Å². The molecule has 0 aliphatic rings. The average Bonchev–Trinajstić information content (AvgIpc) is 2.99. The molecule has 0 aliphatic heterocycles. The van der Waals surface area contributed by atoms with Gasteiger partial charge in [-0.25, -0.2) is 8.42 Å². The number of sulfonamides is 1. The van der Waals surface area contributed by atoms with Gasteiger partial charge >= 0.3 is 5.97 Å². The molecule has 12 heteroatoms. The Morgan fingerprint density at radius 2 is 1.96 bits per heavy atom. The molecule has 0 fully saturated rings. The van der Waals surface area contributed by atoms with Crippen molar-refractivity contribution in [2.75, 3.05) is 11.9 Å². The molecule has 27 heavy (non-hydrogen) atoms. The molecular weight excluding hydrogens is 421 g/mol. The minimum absolute atomic E-state index is 0.0505. The lowest BCUT2D eigenvalue weighted by Gasteiger charge is -2.14. The summed E-state index contributed by atoms with van der Waals surface area (Å²) >= 11 is 11.5. The molecule has 0 saturated heterocycles. The number of nitrogens with zero attached hydrogens (tertiary/aromatic N) is 1. The summed E-state index contributed by atoms with van der Waals surface area (Å²) in [6, 6.07) is 3.94. The molecule has 1 aromatic carbocycles. The number of benzene rings is 1. The lowest BCUT2D eigenvalue weighted by atomic mass is 10.4. The predicted molar refractivity (Wildman–Crippen MR) is 97.1 cm³/mol. The Morgan fingerprint density at radius 3 is 2.56 bits per heavy atom. The van der Waals surface area contributed by atoms with Gasteiger partial charge in [0.25, 0.3) is 5.91 Å². The normalized spacial score (nSPS) is 12.4. The molecule has 2 aromatic rings. The zero-order valence-electron chi connectivity index (χ0n) is 14.2. The smallest absolute Gasteiger partial charge is 0.324 e. The number of aryl methyl sites for hydroxylation is 1.